The predicted octanol–water partition coefficient (Wildman–Crippen LogP) is 3.72. The average molecular weight is 278 g/mol. The highest BCUT2D eigenvalue weighted by Crippen LogP contribution is 2.45. The minimum Gasteiger partial charge on any atom is -0.413 e. The van der Waals surface area contributed by atoms with Gasteiger partial charge in [0.05, 0.1) is 9.39 Å². The molecule has 1 nitrogen and oxygen atoms in total. The van der Waals surface area contributed by atoms with Gasteiger partial charge in [0.2, 0.25) is 0 Å². The van der Waals surface area contributed by atoms with Gasteiger partial charge in [-0.3, -0.25) is 9.48 Å². The third-order valence-electron chi connectivity index (χ3n) is 3.56. The molecule has 0 heterocycles. The van der Waals surface area contributed by atoms with Gasteiger partial charge in [-0.25, -0.2) is 0 Å². The normalized spacial score (nSPS) is 19.4. The summed E-state index contributed by atoms with van der Waals surface area (Å²) in [7, 11) is 1.58. The highest BCUT2D eigenvalue weighted by atomic mass is 32.4. The van der Waals surface area contributed by atoms with Crippen LogP contribution in [0.2, 0.25) is 13.1 Å². The SMILES string of the molecule is CC(O[Si](C)(C)C(C)S(C)(C)[Si])C(C)(C)C. The molecule has 0 aromatic carbocycles. The van der Waals surface area contributed by atoms with E-state index in [1.54, 1.807) is 0 Å². The number of hydrogen-bond acceptors (Lipinski definition) is 1. The molecule has 2 atom stereocenters. The molecule has 0 aliphatic heterocycles. The van der Waals surface area contributed by atoms with E-state index in [1.807, 2.05) is 0 Å². The van der Waals surface area contributed by atoms with Gasteiger partial charge in [-0.05, 0) is 42.8 Å². The molecule has 0 saturated carbocycles. The summed E-state index contributed by atoms with van der Waals surface area (Å²) >= 11 is 0. The van der Waals surface area contributed by atoms with Gasteiger partial charge in [0.1, 0.15) is 0 Å². The Bertz CT molecular complexity index is 228. The van der Waals surface area contributed by atoms with Gasteiger partial charge < -0.3 is 4.43 Å². The second-order valence-corrected chi connectivity index (χ2v) is 18.2. The van der Waals surface area contributed by atoms with E-state index in [-0.39, 0.29) is 5.41 Å². The van der Waals surface area contributed by atoms with E-state index in [1.165, 1.54) is 0 Å². The summed E-state index contributed by atoms with van der Waals surface area (Å²) in [6.07, 6.45) is 4.95. The minimum absolute atomic E-state index is 0.231. The highest BCUT2D eigenvalue weighted by molar-refractivity contribution is 8.50. The molecule has 0 bridgehead atoms. The Morgan fingerprint density at radius 3 is 1.75 bits per heavy atom. The fourth-order valence-corrected chi connectivity index (χ4v) is 11.3. The first kappa shape index (κ1) is 16.7. The Hall–Kier alpha value is 0.744. The Morgan fingerprint density at radius 1 is 1.12 bits per heavy atom. The van der Waals surface area contributed by atoms with E-state index in [4.69, 9.17) is 4.43 Å². The van der Waals surface area contributed by atoms with Crippen LogP contribution >= 0.6 is 9.48 Å². The lowest BCUT2D eigenvalue weighted by Gasteiger charge is -2.45. The van der Waals surface area contributed by atoms with Crippen LogP contribution in [0, 0.1) is 5.41 Å². The Labute approximate surface area is 108 Å². The topological polar surface area (TPSA) is 9.23 Å². The Kier molecular flexibility index (Phi) is 5.40. The average Bonchev–Trinajstić information content (AvgIpc) is 1.98. The molecule has 0 rings (SSSR count). The molecular weight excluding hydrogens is 248 g/mol. The van der Waals surface area contributed by atoms with Gasteiger partial charge in [0, 0.05) is 6.10 Å². The molecule has 4 heteroatoms. The zero-order valence-corrected chi connectivity index (χ0v) is 15.3. The van der Waals surface area contributed by atoms with Gasteiger partial charge in [0.15, 0.2) is 8.32 Å². The van der Waals surface area contributed by atoms with Crippen molar-refractivity contribution in [3.63, 3.8) is 0 Å². The molecule has 0 saturated heterocycles. The third-order valence-corrected chi connectivity index (χ3v) is 13.5. The first-order valence-corrected chi connectivity index (χ1v) is 12.7. The maximum Gasteiger partial charge on any atom is 0.197 e. The second kappa shape index (κ2) is 5.16. The first-order valence-electron chi connectivity index (χ1n) is 5.93. The van der Waals surface area contributed by atoms with Crippen LogP contribution in [-0.2, 0) is 4.43 Å². The molecule has 0 aromatic heterocycles. The van der Waals surface area contributed by atoms with E-state index in [0.717, 1.165) is 0 Å². The summed E-state index contributed by atoms with van der Waals surface area (Å²) in [4.78, 5) is 0.654. The molecule has 0 aliphatic carbocycles. The molecule has 0 aromatic rings. The molecule has 0 aliphatic rings. The maximum absolute atomic E-state index is 6.42. The van der Waals surface area contributed by atoms with Crippen LogP contribution in [0.5, 0.6) is 0 Å². The first-order chi connectivity index (χ1) is 6.78. The van der Waals surface area contributed by atoms with Gasteiger partial charge >= 0.3 is 0 Å². The van der Waals surface area contributed by atoms with Crippen LogP contribution in [0.1, 0.15) is 34.6 Å². The Balaban J connectivity index is 4.70. The van der Waals surface area contributed by atoms with Crippen molar-refractivity contribution < 1.29 is 4.43 Å². The molecule has 0 fully saturated rings. The van der Waals surface area contributed by atoms with Crippen molar-refractivity contribution in [3.05, 3.63) is 0 Å². The van der Waals surface area contributed by atoms with Crippen LogP contribution in [0.15, 0.2) is 0 Å². The van der Waals surface area contributed by atoms with Crippen molar-refractivity contribution >= 4 is 27.2 Å². The number of hydrogen-bond donors (Lipinski definition) is 0. The van der Waals surface area contributed by atoms with Crippen molar-refractivity contribution in [2.75, 3.05) is 12.5 Å². The molecule has 16 heavy (non-hydrogen) atoms. The maximum atomic E-state index is 6.42. The van der Waals surface area contributed by atoms with Crippen LogP contribution in [0.25, 0.3) is 0 Å². The van der Waals surface area contributed by atoms with Crippen LogP contribution in [-0.4, -0.2) is 41.2 Å². The summed E-state index contributed by atoms with van der Waals surface area (Å²) in [6, 6.07) is 0. The van der Waals surface area contributed by atoms with Crippen LogP contribution in [0.4, 0.5) is 0 Å². The zero-order valence-electron chi connectivity index (χ0n) is 12.5. The number of rotatable bonds is 4. The predicted molar refractivity (Wildman–Crippen MR) is 82.1 cm³/mol. The van der Waals surface area contributed by atoms with E-state index in [9.17, 15) is 0 Å². The lowest BCUT2D eigenvalue weighted by atomic mass is 9.91. The largest absolute Gasteiger partial charge is 0.413 e. The van der Waals surface area contributed by atoms with E-state index in [2.05, 4.69) is 69.6 Å². The van der Waals surface area contributed by atoms with Crippen molar-refractivity contribution in [2.24, 2.45) is 5.41 Å². The highest BCUT2D eigenvalue weighted by Gasteiger charge is 2.39. The van der Waals surface area contributed by atoms with Gasteiger partial charge in [-0.15, -0.1) is 0 Å². The summed E-state index contributed by atoms with van der Waals surface area (Å²) < 4.78 is 6.42. The summed E-state index contributed by atoms with van der Waals surface area (Å²) in [5, 5.41) is 0. The molecule has 2 unspecified atom stereocenters. The van der Waals surface area contributed by atoms with Crippen molar-refractivity contribution in [2.45, 2.75) is 58.7 Å². The van der Waals surface area contributed by atoms with Crippen LogP contribution < -0.4 is 0 Å². The third kappa shape index (κ3) is 4.94. The fourth-order valence-electron chi connectivity index (χ4n) is 1.44. The fraction of sp³-hybridized carbons (Fsp3) is 1.00. The smallest absolute Gasteiger partial charge is 0.197 e. The van der Waals surface area contributed by atoms with Crippen molar-refractivity contribution in [3.8, 4) is 0 Å². The van der Waals surface area contributed by atoms with E-state index < -0.39 is 17.8 Å². The van der Waals surface area contributed by atoms with E-state index in [0.29, 0.717) is 11.0 Å². The van der Waals surface area contributed by atoms with Crippen LogP contribution in [0.3, 0.4) is 0 Å². The molecule has 3 radical (unpaired) electrons. The summed E-state index contributed by atoms with van der Waals surface area (Å²) in [5.41, 5.74) is 0.231. The standard InChI is InChI=1S/C12H29OSSi2/c1-10(12(3,4)5)13-16(8,9)11(2)14(6,7)15/h10-11H,1-9H3. The quantitative estimate of drug-likeness (QED) is 0.712. The monoisotopic (exact) mass is 277 g/mol. The molecule has 97 valence electrons. The molecule has 0 N–H and O–H groups in total. The lowest BCUT2D eigenvalue weighted by molar-refractivity contribution is 0.0947. The Morgan fingerprint density at radius 2 is 1.50 bits per heavy atom. The lowest BCUT2D eigenvalue weighted by Crippen LogP contribution is -2.49. The van der Waals surface area contributed by atoms with Gasteiger partial charge in [0.25, 0.3) is 0 Å². The second-order valence-electron chi connectivity index (χ2n) is 6.78. The minimum atomic E-state index is -1.63. The molecule has 0 spiro atoms. The summed E-state index contributed by atoms with van der Waals surface area (Å²) in [5.74, 6) is 0. The molecule has 0 amide bonds. The summed E-state index contributed by atoms with van der Waals surface area (Å²) in [6.45, 7) is 16.0. The van der Waals surface area contributed by atoms with Crippen molar-refractivity contribution in [1.82, 2.24) is 0 Å². The zero-order chi connectivity index (χ0) is 13.4. The van der Waals surface area contributed by atoms with Gasteiger partial charge in [-0.2, -0.15) is 0 Å². The van der Waals surface area contributed by atoms with E-state index >= 15 is 0 Å². The van der Waals surface area contributed by atoms with Crippen molar-refractivity contribution in [1.29, 1.82) is 0 Å². The van der Waals surface area contributed by atoms with Gasteiger partial charge in [-0.1, -0.05) is 27.7 Å². The molecular formula is C12H29OSSi2.